The molecule has 0 aliphatic rings. The molecule has 74 heavy (non-hydrogen) atoms. The maximum Gasteiger partial charge on any atom is 0.306 e. The molecule has 0 amide bonds. The topological polar surface area (TPSA) is 78.9 Å². The fourth-order valence-electron chi connectivity index (χ4n) is 8.87. The van der Waals surface area contributed by atoms with Crippen LogP contribution in [0.15, 0.2) is 85.1 Å². The minimum absolute atomic E-state index is 0.0915. The molecule has 1 unspecified atom stereocenters. The number of hydrogen-bond donors (Lipinski definition) is 0. The average Bonchev–Trinajstić information content (AvgIpc) is 3.40. The summed E-state index contributed by atoms with van der Waals surface area (Å²) in [5.41, 5.74) is 0. The van der Waals surface area contributed by atoms with Gasteiger partial charge in [0.05, 0.1) is 0 Å². The van der Waals surface area contributed by atoms with Crippen LogP contribution in [0.2, 0.25) is 0 Å². The molecule has 0 aliphatic heterocycles. The van der Waals surface area contributed by atoms with E-state index in [2.05, 4.69) is 106 Å². The Hall–Kier alpha value is -3.41. The second kappa shape index (κ2) is 62.1. The van der Waals surface area contributed by atoms with Crippen LogP contribution < -0.4 is 0 Å². The number of rotatable bonds is 57. The lowest BCUT2D eigenvalue weighted by atomic mass is 10.0. The molecule has 0 radical (unpaired) electrons. The van der Waals surface area contributed by atoms with Gasteiger partial charge in [-0.1, -0.05) is 260 Å². The van der Waals surface area contributed by atoms with Crippen molar-refractivity contribution in [3.8, 4) is 0 Å². The quantitative estimate of drug-likeness (QED) is 0.0261. The molecule has 426 valence electrons. The first kappa shape index (κ1) is 70.6. The van der Waals surface area contributed by atoms with Gasteiger partial charge in [0.2, 0.25) is 0 Å². The molecule has 6 nitrogen and oxygen atoms in total. The Labute approximate surface area is 458 Å². The van der Waals surface area contributed by atoms with E-state index in [1.165, 1.54) is 167 Å². The maximum absolute atomic E-state index is 12.9. The van der Waals surface area contributed by atoms with Crippen LogP contribution in [-0.4, -0.2) is 37.2 Å². The number of hydrogen-bond acceptors (Lipinski definition) is 6. The van der Waals surface area contributed by atoms with Gasteiger partial charge in [0.25, 0.3) is 0 Å². The van der Waals surface area contributed by atoms with Crippen molar-refractivity contribution in [2.24, 2.45) is 0 Å². The predicted molar refractivity (Wildman–Crippen MR) is 321 cm³/mol. The highest BCUT2D eigenvalue weighted by atomic mass is 16.6. The zero-order chi connectivity index (χ0) is 53.6. The Morgan fingerprint density at radius 2 is 0.527 bits per heavy atom. The highest BCUT2D eigenvalue weighted by Gasteiger charge is 2.19. The van der Waals surface area contributed by atoms with Gasteiger partial charge in [-0.2, -0.15) is 0 Å². The molecule has 0 spiro atoms. The van der Waals surface area contributed by atoms with Crippen molar-refractivity contribution < 1.29 is 28.6 Å². The standard InChI is InChI=1S/C68H118O6/c1-4-7-10-13-16-19-22-25-27-29-31-32-33-34-35-36-38-39-41-43-46-49-52-55-58-61-67(70)73-64-65(63-72-66(69)60-57-54-51-48-45-24-21-18-15-12-9-6-3)74-68(71)62-59-56-53-50-47-44-42-40-37-30-28-26-23-20-17-14-11-8-5-2/h8,11,17-18,20-21,26,28-29,31,37,40,44,47,65H,4-7,9-10,12-16,19,22-25,27,30,32-36,38-39,41-43,45-46,48-64H2,1-3H3/b11-8-,20-17-,21-18-,28-26-,31-29-,40-37-,47-44-. The van der Waals surface area contributed by atoms with Crippen molar-refractivity contribution in [3.63, 3.8) is 0 Å². The summed E-state index contributed by atoms with van der Waals surface area (Å²) in [5.74, 6) is -0.924. The SMILES string of the molecule is CC/C=C\C/C=C\C/C=C\C/C=C\C/C=C\CCCCCC(=O)OC(COC(=O)CCCCCCC/C=C\CCCCC)COC(=O)CCCCCCCCCCCCCCC/C=C\CCCCCCCCCC. The summed E-state index contributed by atoms with van der Waals surface area (Å²) in [6.45, 7) is 6.49. The summed E-state index contributed by atoms with van der Waals surface area (Å²) < 4.78 is 16.9. The van der Waals surface area contributed by atoms with Gasteiger partial charge in [-0.25, -0.2) is 0 Å². The van der Waals surface area contributed by atoms with E-state index in [-0.39, 0.29) is 37.5 Å². The van der Waals surface area contributed by atoms with Crippen LogP contribution in [0.1, 0.15) is 310 Å². The molecular weight excluding hydrogens is 913 g/mol. The summed E-state index contributed by atoms with van der Waals surface area (Å²) in [6, 6.07) is 0. The Balaban J connectivity index is 4.32. The van der Waals surface area contributed by atoms with Crippen LogP contribution in [0.25, 0.3) is 0 Å². The zero-order valence-electron chi connectivity index (χ0n) is 48.8. The maximum atomic E-state index is 12.9. The molecule has 0 aromatic heterocycles. The van der Waals surface area contributed by atoms with E-state index in [0.717, 1.165) is 103 Å². The first-order valence-corrected chi connectivity index (χ1v) is 31.6. The lowest BCUT2D eigenvalue weighted by molar-refractivity contribution is -0.167. The van der Waals surface area contributed by atoms with Crippen molar-refractivity contribution >= 4 is 17.9 Å². The van der Waals surface area contributed by atoms with E-state index in [0.29, 0.717) is 12.8 Å². The number of allylic oxidation sites excluding steroid dienone is 14. The van der Waals surface area contributed by atoms with E-state index < -0.39 is 6.10 Å². The van der Waals surface area contributed by atoms with Gasteiger partial charge < -0.3 is 14.2 Å². The lowest BCUT2D eigenvalue weighted by Gasteiger charge is -2.18. The Bertz CT molecular complexity index is 1420. The molecule has 0 N–H and O–H groups in total. The third kappa shape index (κ3) is 59.5. The number of esters is 3. The normalized spacial score (nSPS) is 12.6. The van der Waals surface area contributed by atoms with Gasteiger partial charge in [0, 0.05) is 19.3 Å². The second-order valence-electron chi connectivity index (χ2n) is 20.9. The van der Waals surface area contributed by atoms with E-state index in [9.17, 15) is 14.4 Å². The molecule has 0 aliphatic carbocycles. The minimum atomic E-state index is -0.798. The molecular formula is C68H118O6. The largest absolute Gasteiger partial charge is 0.462 e. The Morgan fingerprint density at radius 3 is 0.878 bits per heavy atom. The fourth-order valence-corrected chi connectivity index (χ4v) is 8.87. The molecule has 0 fully saturated rings. The second-order valence-corrected chi connectivity index (χ2v) is 20.9. The van der Waals surface area contributed by atoms with Crippen LogP contribution in [0.5, 0.6) is 0 Å². The number of unbranched alkanes of at least 4 members (excludes halogenated alkanes) is 32. The summed E-state index contributed by atoms with van der Waals surface area (Å²) >= 11 is 0. The third-order valence-corrected chi connectivity index (χ3v) is 13.6. The van der Waals surface area contributed by atoms with E-state index >= 15 is 0 Å². The highest BCUT2D eigenvalue weighted by Crippen LogP contribution is 2.16. The molecule has 6 heteroatoms. The van der Waals surface area contributed by atoms with Crippen molar-refractivity contribution in [2.45, 2.75) is 316 Å². The van der Waals surface area contributed by atoms with Gasteiger partial charge in [-0.3, -0.25) is 14.4 Å². The van der Waals surface area contributed by atoms with Crippen LogP contribution >= 0.6 is 0 Å². The van der Waals surface area contributed by atoms with Crippen LogP contribution in [0.4, 0.5) is 0 Å². The van der Waals surface area contributed by atoms with E-state index in [4.69, 9.17) is 14.2 Å². The van der Waals surface area contributed by atoms with Gasteiger partial charge in [-0.15, -0.1) is 0 Å². The Morgan fingerprint density at radius 1 is 0.284 bits per heavy atom. The van der Waals surface area contributed by atoms with E-state index in [1.54, 1.807) is 0 Å². The summed E-state index contributed by atoms with van der Waals surface area (Å²) in [6.07, 6.45) is 81.7. The lowest BCUT2D eigenvalue weighted by Crippen LogP contribution is -2.30. The first-order chi connectivity index (χ1) is 36.5. The van der Waals surface area contributed by atoms with Gasteiger partial charge >= 0.3 is 17.9 Å². The minimum Gasteiger partial charge on any atom is -0.462 e. The van der Waals surface area contributed by atoms with Gasteiger partial charge in [-0.05, 0) is 116 Å². The smallest absolute Gasteiger partial charge is 0.306 e. The van der Waals surface area contributed by atoms with Crippen LogP contribution in [-0.2, 0) is 28.6 Å². The molecule has 0 saturated carbocycles. The summed E-state index contributed by atoms with van der Waals surface area (Å²) in [5, 5.41) is 0. The molecule has 0 aromatic rings. The monoisotopic (exact) mass is 1030 g/mol. The van der Waals surface area contributed by atoms with Gasteiger partial charge in [0.1, 0.15) is 13.2 Å². The molecule has 0 aromatic carbocycles. The first-order valence-electron chi connectivity index (χ1n) is 31.6. The Kier molecular flexibility index (Phi) is 59.3. The fraction of sp³-hybridized carbons (Fsp3) is 0.750. The molecule has 0 saturated heterocycles. The number of carbonyl (C=O) groups excluding carboxylic acids is 3. The van der Waals surface area contributed by atoms with Crippen molar-refractivity contribution in [1.29, 1.82) is 0 Å². The van der Waals surface area contributed by atoms with E-state index in [1.807, 2.05) is 0 Å². The zero-order valence-corrected chi connectivity index (χ0v) is 48.8. The highest BCUT2D eigenvalue weighted by molar-refractivity contribution is 5.71. The van der Waals surface area contributed by atoms with Crippen molar-refractivity contribution in [2.75, 3.05) is 13.2 Å². The van der Waals surface area contributed by atoms with Crippen molar-refractivity contribution in [1.82, 2.24) is 0 Å². The summed E-state index contributed by atoms with van der Waals surface area (Å²) in [7, 11) is 0. The van der Waals surface area contributed by atoms with Gasteiger partial charge in [0.15, 0.2) is 6.10 Å². The molecule has 0 heterocycles. The number of carbonyl (C=O) groups is 3. The average molecular weight is 1030 g/mol. The molecule has 0 bridgehead atoms. The van der Waals surface area contributed by atoms with Crippen molar-refractivity contribution in [3.05, 3.63) is 85.1 Å². The number of ether oxygens (including phenoxy) is 3. The van der Waals surface area contributed by atoms with Crippen LogP contribution in [0.3, 0.4) is 0 Å². The summed E-state index contributed by atoms with van der Waals surface area (Å²) in [4.78, 5) is 38.2. The molecule has 1 atom stereocenters. The van der Waals surface area contributed by atoms with Crippen LogP contribution in [0, 0.1) is 0 Å². The molecule has 0 rings (SSSR count). The predicted octanol–water partition coefficient (Wildman–Crippen LogP) is 21.5. The third-order valence-electron chi connectivity index (χ3n) is 13.6.